The number of nitrogens with two attached hydrogens (primary N) is 1. The molecule has 0 aliphatic heterocycles. The summed E-state index contributed by atoms with van der Waals surface area (Å²) in [5.74, 6) is 1.03. The number of fused-ring (bicyclic) bond motifs is 1. The van der Waals surface area contributed by atoms with Gasteiger partial charge in [0.25, 0.3) is 0 Å². The van der Waals surface area contributed by atoms with Crippen LogP contribution >= 0.6 is 0 Å². The van der Waals surface area contributed by atoms with Gasteiger partial charge < -0.3 is 15.0 Å². The summed E-state index contributed by atoms with van der Waals surface area (Å²) >= 11 is 0. The highest BCUT2D eigenvalue weighted by Gasteiger charge is 2.06. The van der Waals surface area contributed by atoms with E-state index in [1.165, 1.54) is 0 Å². The van der Waals surface area contributed by atoms with Crippen LogP contribution in [0.15, 0.2) is 18.2 Å². The highest BCUT2D eigenvalue weighted by Crippen LogP contribution is 2.19. The number of anilines is 1. The van der Waals surface area contributed by atoms with Gasteiger partial charge in [-0.15, -0.1) is 0 Å². The van der Waals surface area contributed by atoms with Crippen LogP contribution < -0.4 is 5.73 Å². The Morgan fingerprint density at radius 2 is 2.24 bits per heavy atom. The zero-order valence-electron chi connectivity index (χ0n) is 10.4. The Balaban J connectivity index is 2.18. The third-order valence-corrected chi connectivity index (χ3v) is 2.84. The van der Waals surface area contributed by atoms with E-state index in [9.17, 15) is 0 Å². The molecule has 2 N–H and O–H groups in total. The van der Waals surface area contributed by atoms with Gasteiger partial charge in [-0.05, 0) is 38.5 Å². The van der Waals surface area contributed by atoms with Crippen molar-refractivity contribution in [3.63, 3.8) is 0 Å². The summed E-state index contributed by atoms with van der Waals surface area (Å²) in [4.78, 5) is 4.51. The minimum atomic E-state index is 0.761. The number of ether oxygens (including phenoxy) is 1. The summed E-state index contributed by atoms with van der Waals surface area (Å²) in [6.45, 7) is 6.55. The number of benzene rings is 1. The first-order valence-corrected chi connectivity index (χ1v) is 6.02. The van der Waals surface area contributed by atoms with Gasteiger partial charge >= 0.3 is 0 Å². The van der Waals surface area contributed by atoms with Crippen molar-refractivity contribution < 1.29 is 4.74 Å². The molecule has 0 fully saturated rings. The van der Waals surface area contributed by atoms with E-state index in [0.717, 1.165) is 48.7 Å². The molecule has 0 bridgehead atoms. The summed E-state index contributed by atoms with van der Waals surface area (Å²) in [5, 5.41) is 0. The molecule has 0 saturated heterocycles. The van der Waals surface area contributed by atoms with E-state index in [1.807, 2.05) is 32.0 Å². The van der Waals surface area contributed by atoms with Gasteiger partial charge in [0.15, 0.2) is 0 Å². The first kappa shape index (κ1) is 11.9. The third-order valence-electron chi connectivity index (χ3n) is 2.84. The monoisotopic (exact) mass is 233 g/mol. The van der Waals surface area contributed by atoms with Crippen LogP contribution in [0.25, 0.3) is 11.0 Å². The highest BCUT2D eigenvalue weighted by molar-refractivity contribution is 5.79. The SMILES string of the molecule is CCOCCCn1c(C)nc2cc(N)ccc21. The molecular weight excluding hydrogens is 214 g/mol. The number of imidazole rings is 1. The van der Waals surface area contributed by atoms with Crippen LogP contribution in [0.3, 0.4) is 0 Å². The highest BCUT2D eigenvalue weighted by atomic mass is 16.5. The van der Waals surface area contributed by atoms with Crippen molar-refractivity contribution in [1.29, 1.82) is 0 Å². The van der Waals surface area contributed by atoms with E-state index >= 15 is 0 Å². The van der Waals surface area contributed by atoms with E-state index in [0.29, 0.717) is 0 Å². The lowest BCUT2D eigenvalue weighted by molar-refractivity contribution is 0.142. The molecule has 1 aromatic carbocycles. The van der Waals surface area contributed by atoms with E-state index in [1.54, 1.807) is 0 Å². The summed E-state index contributed by atoms with van der Waals surface area (Å²) in [7, 11) is 0. The molecule has 0 unspecified atom stereocenters. The van der Waals surface area contributed by atoms with Crippen molar-refractivity contribution in [2.75, 3.05) is 18.9 Å². The second kappa shape index (κ2) is 5.19. The summed E-state index contributed by atoms with van der Waals surface area (Å²) in [5.41, 5.74) is 8.63. The molecule has 0 amide bonds. The predicted molar refractivity (Wildman–Crippen MR) is 70.0 cm³/mol. The van der Waals surface area contributed by atoms with Crippen molar-refractivity contribution in [3.05, 3.63) is 24.0 Å². The maximum Gasteiger partial charge on any atom is 0.106 e. The van der Waals surface area contributed by atoms with Gasteiger partial charge in [0, 0.05) is 25.4 Å². The van der Waals surface area contributed by atoms with Crippen molar-refractivity contribution in [3.8, 4) is 0 Å². The number of hydrogen-bond acceptors (Lipinski definition) is 3. The number of aromatic nitrogens is 2. The Kier molecular flexibility index (Phi) is 3.64. The van der Waals surface area contributed by atoms with E-state index < -0.39 is 0 Å². The lowest BCUT2D eigenvalue weighted by Gasteiger charge is -2.06. The Bertz CT molecular complexity index is 505. The zero-order valence-corrected chi connectivity index (χ0v) is 10.4. The fourth-order valence-electron chi connectivity index (χ4n) is 2.02. The number of nitrogen functional groups attached to an aromatic ring is 1. The quantitative estimate of drug-likeness (QED) is 0.637. The Morgan fingerprint density at radius 3 is 3.00 bits per heavy atom. The predicted octanol–water partition coefficient (Wildman–Crippen LogP) is 2.35. The van der Waals surface area contributed by atoms with Crippen LogP contribution in [0.1, 0.15) is 19.2 Å². The third kappa shape index (κ3) is 2.58. The zero-order chi connectivity index (χ0) is 12.3. The number of aryl methyl sites for hydroxylation is 2. The molecule has 4 nitrogen and oxygen atoms in total. The average Bonchev–Trinajstić information content (AvgIpc) is 2.60. The van der Waals surface area contributed by atoms with Crippen LogP contribution in [0.2, 0.25) is 0 Å². The molecule has 0 spiro atoms. The molecule has 92 valence electrons. The molecule has 0 atom stereocenters. The van der Waals surface area contributed by atoms with E-state index in [-0.39, 0.29) is 0 Å². The molecule has 0 aliphatic carbocycles. The topological polar surface area (TPSA) is 53.1 Å². The molecule has 0 aliphatic rings. The Hall–Kier alpha value is -1.55. The van der Waals surface area contributed by atoms with Crippen LogP contribution in [0.4, 0.5) is 5.69 Å². The molecule has 17 heavy (non-hydrogen) atoms. The first-order chi connectivity index (χ1) is 8.22. The Labute approximate surface area is 101 Å². The van der Waals surface area contributed by atoms with E-state index in [4.69, 9.17) is 10.5 Å². The van der Waals surface area contributed by atoms with Crippen molar-refractivity contribution >= 4 is 16.7 Å². The molecule has 2 rings (SSSR count). The average molecular weight is 233 g/mol. The summed E-state index contributed by atoms with van der Waals surface area (Å²) in [6, 6.07) is 5.87. The molecule has 1 aromatic heterocycles. The van der Waals surface area contributed by atoms with Crippen LogP contribution in [-0.2, 0) is 11.3 Å². The molecule has 1 heterocycles. The van der Waals surface area contributed by atoms with Gasteiger partial charge in [-0.2, -0.15) is 0 Å². The van der Waals surface area contributed by atoms with Crippen LogP contribution in [0, 0.1) is 6.92 Å². The van der Waals surface area contributed by atoms with Gasteiger partial charge in [0.1, 0.15) is 5.82 Å². The van der Waals surface area contributed by atoms with Crippen molar-refractivity contribution in [2.24, 2.45) is 0 Å². The lowest BCUT2D eigenvalue weighted by atomic mass is 10.3. The molecule has 0 radical (unpaired) electrons. The summed E-state index contributed by atoms with van der Waals surface area (Å²) < 4.78 is 7.57. The lowest BCUT2D eigenvalue weighted by Crippen LogP contribution is -2.04. The standard InChI is InChI=1S/C13H19N3O/c1-3-17-8-4-7-16-10(2)15-12-9-11(14)5-6-13(12)16/h5-6,9H,3-4,7-8,14H2,1-2H3. The van der Waals surface area contributed by atoms with Crippen molar-refractivity contribution in [2.45, 2.75) is 26.8 Å². The number of nitrogens with zero attached hydrogens (tertiary/aromatic N) is 2. The number of rotatable bonds is 5. The first-order valence-electron chi connectivity index (χ1n) is 6.02. The van der Waals surface area contributed by atoms with Gasteiger partial charge in [0.05, 0.1) is 11.0 Å². The van der Waals surface area contributed by atoms with Gasteiger partial charge in [-0.3, -0.25) is 0 Å². The minimum Gasteiger partial charge on any atom is -0.399 e. The van der Waals surface area contributed by atoms with Gasteiger partial charge in [-0.25, -0.2) is 4.98 Å². The van der Waals surface area contributed by atoms with Gasteiger partial charge in [0.2, 0.25) is 0 Å². The van der Waals surface area contributed by atoms with E-state index in [2.05, 4.69) is 9.55 Å². The molecule has 2 aromatic rings. The minimum absolute atomic E-state index is 0.761. The maximum absolute atomic E-state index is 5.75. The molecular formula is C13H19N3O. The molecule has 4 heteroatoms. The van der Waals surface area contributed by atoms with Crippen LogP contribution in [-0.4, -0.2) is 22.8 Å². The number of hydrogen-bond donors (Lipinski definition) is 1. The fraction of sp³-hybridized carbons (Fsp3) is 0.462. The Morgan fingerprint density at radius 1 is 1.41 bits per heavy atom. The second-order valence-electron chi connectivity index (χ2n) is 4.11. The van der Waals surface area contributed by atoms with Gasteiger partial charge in [-0.1, -0.05) is 0 Å². The van der Waals surface area contributed by atoms with Crippen LogP contribution in [0.5, 0.6) is 0 Å². The summed E-state index contributed by atoms with van der Waals surface area (Å²) in [6.07, 6.45) is 1.00. The van der Waals surface area contributed by atoms with Crippen molar-refractivity contribution in [1.82, 2.24) is 9.55 Å². The fourth-order valence-corrected chi connectivity index (χ4v) is 2.02. The molecule has 0 saturated carbocycles. The largest absolute Gasteiger partial charge is 0.399 e. The second-order valence-corrected chi connectivity index (χ2v) is 4.11. The maximum atomic E-state index is 5.75. The smallest absolute Gasteiger partial charge is 0.106 e. The normalized spacial score (nSPS) is 11.2.